The molecular formula is C22H21N5O5S. The van der Waals surface area contributed by atoms with Crippen molar-refractivity contribution in [3.05, 3.63) is 53.6 Å². The molecule has 2 N–H and O–H groups in total. The topological polar surface area (TPSA) is 128 Å². The normalized spacial score (nSPS) is 11.0. The van der Waals surface area contributed by atoms with Crippen molar-refractivity contribution in [2.24, 2.45) is 0 Å². The number of anilines is 1. The number of fused-ring (bicyclic) bond motifs is 3. The molecule has 2 aromatic heterocycles. The van der Waals surface area contributed by atoms with Crippen LogP contribution in [0.3, 0.4) is 0 Å². The van der Waals surface area contributed by atoms with E-state index >= 15 is 0 Å². The van der Waals surface area contributed by atoms with Crippen LogP contribution in [0.15, 0.2) is 47.6 Å². The Morgan fingerprint density at radius 3 is 2.36 bits per heavy atom. The summed E-state index contributed by atoms with van der Waals surface area (Å²) >= 11 is 1.23. The Bertz CT molecular complexity index is 1310. The summed E-state index contributed by atoms with van der Waals surface area (Å²) in [7, 11) is 0. The average molecular weight is 468 g/mol. The lowest BCUT2D eigenvalue weighted by Crippen LogP contribution is -2.16. The lowest BCUT2D eigenvalue weighted by atomic mass is 10.1. The van der Waals surface area contributed by atoms with Crippen molar-refractivity contribution in [1.29, 1.82) is 0 Å². The molecule has 0 aliphatic rings. The second kappa shape index (κ2) is 9.74. The summed E-state index contributed by atoms with van der Waals surface area (Å²) in [5.74, 6) is -0.902. The van der Waals surface area contributed by atoms with E-state index in [0.717, 1.165) is 11.0 Å². The molecule has 33 heavy (non-hydrogen) atoms. The predicted molar refractivity (Wildman–Crippen MR) is 123 cm³/mol. The SMILES string of the molecule is CCOC(=O)c1cc(NC(=O)CSc2n[nH]c3nc4ccccc4n23)cc(C(=O)OCC)c1. The largest absolute Gasteiger partial charge is 0.462 e. The number of rotatable bonds is 8. The van der Waals surface area contributed by atoms with E-state index in [1.165, 1.54) is 30.0 Å². The third-order valence-electron chi connectivity index (χ3n) is 4.58. The summed E-state index contributed by atoms with van der Waals surface area (Å²) in [6.07, 6.45) is 0. The van der Waals surface area contributed by atoms with Crippen molar-refractivity contribution in [2.45, 2.75) is 19.0 Å². The van der Waals surface area contributed by atoms with Crippen LogP contribution in [0.5, 0.6) is 0 Å². The first kappa shape index (κ1) is 22.3. The molecule has 4 rings (SSSR count). The Morgan fingerprint density at radius 2 is 1.70 bits per heavy atom. The Balaban J connectivity index is 1.51. The minimum atomic E-state index is -0.598. The van der Waals surface area contributed by atoms with Gasteiger partial charge in [0.2, 0.25) is 11.7 Å². The van der Waals surface area contributed by atoms with Crippen molar-refractivity contribution >= 4 is 52.1 Å². The number of hydrogen-bond acceptors (Lipinski definition) is 8. The Hall–Kier alpha value is -3.86. The zero-order chi connectivity index (χ0) is 23.4. The minimum Gasteiger partial charge on any atom is -0.462 e. The first-order chi connectivity index (χ1) is 16.0. The quantitative estimate of drug-likeness (QED) is 0.298. The van der Waals surface area contributed by atoms with Crippen LogP contribution in [-0.4, -0.2) is 56.4 Å². The fourth-order valence-corrected chi connectivity index (χ4v) is 3.99. The number of aromatic nitrogens is 4. The third-order valence-corrected chi connectivity index (χ3v) is 5.51. The van der Waals surface area contributed by atoms with Crippen LogP contribution in [0.2, 0.25) is 0 Å². The highest BCUT2D eigenvalue weighted by Crippen LogP contribution is 2.23. The molecule has 0 spiro atoms. The number of nitrogens with zero attached hydrogens (tertiary/aromatic N) is 3. The van der Waals surface area contributed by atoms with Gasteiger partial charge in [0.1, 0.15) is 0 Å². The number of amides is 1. The van der Waals surface area contributed by atoms with Gasteiger partial charge in [-0.3, -0.25) is 9.20 Å². The van der Waals surface area contributed by atoms with E-state index in [9.17, 15) is 14.4 Å². The molecule has 0 bridgehead atoms. The molecular weight excluding hydrogens is 446 g/mol. The molecule has 10 nitrogen and oxygen atoms in total. The number of thioether (sulfide) groups is 1. The molecule has 0 unspecified atom stereocenters. The smallest absolute Gasteiger partial charge is 0.338 e. The molecule has 0 fully saturated rings. The molecule has 11 heteroatoms. The van der Waals surface area contributed by atoms with Gasteiger partial charge >= 0.3 is 11.9 Å². The first-order valence-electron chi connectivity index (χ1n) is 10.2. The second-order valence-corrected chi connectivity index (χ2v) is 7.79. The molecule has 4 aromatic rings. The van der Waals surface area contributed by atoms with Crippen LogP contribution >= 0.6 is 11.8 Å². The van der Waals surface area contributed by atoms with E-state index in [0.29, 0.717) is 10.9 Å². The number of carbonyl (C=O) groups is 3. The molecule has 2 aromatic carbocycles. The summed E-state index contributed by atoms with van der Waals surface area (Å²) in [6, 6.07) is 11.9. The van der Waals surface area contributed by atoms with Crippen LogP contribution in [0.4, 0.5) is 5.69 Å². The summed E-state index contributed by atoms with van der Waals surface area (Å²) in [5, 5.41) is 10.4. The molecule has 0 radical (unpaired) electrons. The van der Waals surface area contributed by atoms with E-state index in [1.54, 1.807) is 13.8 Å². The highest BCUT2D eigenvalue weighted by Gasteiger charge is 2.17. The van der Waals surface area contributed by atoms with Crippen molar-refractivity contribution in [3.63, 3.8) is 0 Å². The van der Waals surface area contributed by atoms with E-state index in [2.05, 4.69) is 20.5 Å². The Labute approximate surface area is 192 Å². The van der Waals surface area contributed by atoms with Gasteiger partial charge in [-0.25, -0.2) is 19.7 Å². The second-order valence-electron chi connectivity index (χ2n) is 6.84. The number of nitrogens with one attached hydrogen (secondary N) is 2. The molecule has 0 saturated carbocycles. The monoisotopic (exact) mass is 467 g/mol. The van der Waals surface area contributed by atoms with Gasteiger partial charge in [0.15, 0.2) is 5.16 Å². The Kier molecular flexibility index (Phi) is 6.59. The standard InChI is InChI=1S/C22H21N5O5S/c1-3-31-19(29)13-9-14(20(30)32-4-2)11-15(10-13)23-18(28)12-33-22-26-25-21-24-16-7-5-6-8-17(16)27(21)22/h5-11H,3-4,12H2,1-2H3,(H,23,28)(H,24,25). The van der Waals surface area contributed by atoms with Gasteiger partial charge in [-0.1, -0.05) is 23.9 Å². The van der Waals surface area contributed by atoms with Gasteiger partial charge in [0.05, 0.1) is 41.1 Å². The number of carbonyl (C=O) groups excluding carboxylic acids is 3. The number of hydrogen-bond donors (Lipinski definition) is 2. The van der Waals surface area contributed by atoms with Crippen LogP contribution in [0.25, 0.3) is 16.8 Å². The first-order valence-corrected chi connectivity index (χ1v) is 11.2. The fraction of sp³-hybridized carbons (Fsp3) is 0.227. The maximum atomic E-state index is 12.6. The number of ether oxygens (including phenoxy) is 2. The van der Waals surface area contributed by atoms with E-state index in [1.807, 2.05) is 28.7 Å². The molecule has 1 amide bonds. The highest BCUT2D eigenvalue weighted by atomic mass is 32.2. The summed E-state index contributed by atoms with van der Waals surface area (Å²) in [4.78, 5) is 41.5. The fourth-order valence-electron chi connectivity index (χ4n) is 3.23. The van der Waals surface area contributed by atoms with Crippen molar-refractivity contribution in [1.82, 2.24) is 19.6 Å². The number of aromatic amines is 1. The van der Waals surface area contributed by atoms with E-state index in [4.69, 9.17) is 9.47 Å². The molecule has 0 aliphatic heterocycles. The van der Waals surface area contributed by atoms with Crippen molar-refractivity contribution in [3.8, 4) is 0 Å². The molecule has 2 heterocycles. The summed E-state index contributed by atoms with van der Waals surface area (Å²) < 4.78 is 11.9. The molecule has 0 aliphatic carbocycles. The van der Waals surface area contributed by atoms with Gasteiger partial charge in [-0.05, 0) is 44.2 Å². The summed E-state index contributed by atoms with van der Waals surface area (Å²) in [6.45, 7) is 3.73. The van der Waals surface area contributed by atoms with Gasteiger partial charge in [-0.15, -0.1) is 5.10 Å². The molecule has 170 valence electrons. The maximum absolute atomic E-state index is 12.6. The molecule has 0 saturated heterocycles. The van der Waals surface area contributed by atoms with Crippen molar-refractivity contribution in [2.75, 3.05) is 24.3 Å². The lowest BCUT2D eigenvalue weighted by molar-refractivity contribution is -0.113. The van der Waals surface area contributed by atoms with E-state index in [-0.39, 0.29) is 41.7 Å². The molecule has 0 atom stereocenters. The Morgan fingerprint density at radius 1 is 1.03 bits per heavy atom. The number of benzene rings is 2. The average Bonchev–Trinajstić information content (AvgIpc) is 3.37. The van der Waals surface area contributed by atoms with Gasteiger partial charge in [0.25, 0.3) is 0 Å². The number of H-pyrrole nitrogens is 1. The predicted octanol–water partition coefficient (Wildman–Crippen LogP) is 3.29. The van der Waals surface area contributed by atoms with Crippen LogP contribution in [0.1, 0.15) is 34.6 Å². The zero-order valence-corrected chi connectivity index (χ0v) is 18.8. The number of esters is 2. The van der Waals surface area contributed by atoms with Gasteiger partial charge in [0, 0.05) is 5.69 Å². The minimum absolute atomic E-state index is 0.0465. The summed E-state index contributed by atoms with van der Waals surface area (Å²) in [5.41, 5.74) is 2.27. The van der Waals surface area contributed by atoms with E-state index < -0.39 is 11.9 Å². The third kappa shape index (κ3) is 4.82. The number of para-hydroxylation sites is 2. The highest BCUT2D eigenvalue weighted by molar-refractivity contribution is 7.99. The number of imidazole rings is 1. The maximum Gasteiger partial charge on any atom is 0.338 e. The van der Waals surface area contributed by atoms with Crippen molar-refractivity contribution < 1.29 is 23.9 Å². The van der Waals surface area contributed by atoms with Crippen LogP contribution in [-0.2, 0) is 14.3 Å². The lowest BCUT2D eigenvalue weighted by Gasteiger charge is -2.10. The van der Waals surface area contributed by atoms with Gasteiger partial charge in [-0.2, -0.15) is 0 Å². The zero-order valence-electron chi connectivity index (χ0n) is 18.0. The van der Waals surface area contributed by atoms with Gasteiger partial charge < -0.3 is 14.8 Å². The van der Waals surface area contributed by atoms with Crippen LogP contribution < -0.4 is 5.32 Å². The van der Waals surface area contributed by atoms with Crippen LogP contribution in [0, 0.1) is 0 Å².